The van der Waals surface area contributed by atoms with Crippen molar-refractivity contribution in [2.75, 3.05) is 0 Å². The first kappa shape index (κ1) is 15.7. The highest BCUT2D eigenvalue weighted by molar-refractivity contribution is 6.09. The van der Waals surface area contributed by atoms with E-state index < -0.39 is 0 Å². The Bertz CT molecular complexity index is 1400. The van der Waals surface area contributed by atoms with Gasteiger partial charge in [0.1, 0.15) is 0 Å². The van der Waals surface area contributed by atoms with E-state index in [9.17, 15) is 0 Å². The molecule has 132 valence electrons. The first-order chi connectivity index (χ1) is 13.9. The van der Waals surface area contributed by atoms with Crippen LogP contribution in [0.1, 0.15) is 23.1 Å². The zero-order valence-electron chi connectivity index (χ0n) is 15.7. The Kier molecular flexibility index (Phi) is 3.39. The van der Waals surface area contributed by atoms with Crippen LogP contribution in [-0.2, 0) is 6.42 Å². The Balaban J connectivity index is 1.63. The highest BCUT2D eigenvalue weighted by Crippen LogP contribution is 2.38. The van der Waals surface area contributed by atoms with Crippen molar-refractivity contribution in [3.8, 4) is 0 Å². The van der Waals surface area contributed by atoms with Crippen molar-refractivity contribution in [2.45, 2.75) is 12.8 Å². The van der Waals surface area contributed by atoms with E-state index in [2.05, 4.69) is 97.1 Å². The van der Waals surface area contributed by atoms with Gasteiger partial charge in [0.2, 0.25) is 0 Å². The first-order valence-corrected chi connectivity index (χ1v) is 10.0. The van der Waals surface area contributed by atoms with Gasteiger partial charge in [-0.05, 0) is 79.6 Å². The minimum absolute atomic E-state index is 1.10. The summed E-state index contributed by atoms with van der Waals surface area (Å²) in [6.07, 6.45) is 4.64. The molecule has 6 rings (SSSR count). The number of rotatable bonds is 1. The Morgan fingerprint density at radius 2 is 1.21 bits per heavy atom. The summed E-state index contributed by atoms with van der Waals surface area (Å²) in [5, 5.41) is 8.00. The molecule has 0 unspecified atom stereocenters. The number of hydrogen-bond donors (Lipinski definition) is 0. The van der Waals surface area contributed by atoms with E-state index in [1.807, 2.05) is 0 Å². The summed E-state index contributed by atoms with van der Waals surface area (Å²) in [5.74, 6) is 0. The molecule has 1 aliphatic rings. The largest absolute Gasteiger partial charge is 0.0757 e. The summed E-state index contributed by atoms with van der Waals surface area (Å²) in [6, 6.07) is 33.4. The maximum atomic E-state index is 2.44. The molecule has 0 bridgehead atoms. The van der Waals surface area contributed by atoms with Gasteiger partial charge in [0.25, 0.3) is 0 Å². The summed E-state index contributed by atoms with van der Waals surface area (Å²) in [4.78, 5) is 0. The molecule has 0 heteroatoms. The average Bonchev–Trinajstić information content (AvgIpc) is 2.77. The molecule has 0 amide bonds. The molecule has 0 saturated carbocycles. The summed E-state index contributed by atoms with van der Waals surface area (Å²) in [5.41, 5.74) is 5.59. The molecular formula is C28H20. The van der Waals surface area contributed by atoms with Crippen molar-refractivity contribution < 1.29 is 0 Å². The van der Waals surface area contributed by atoms with Crippen LogP contribution in [0.2, 0.25) is 0 Å². The van der Waals surface area contributed by atoms with Gasteiger partial charge < -0.3 is 0 Å². The lowest BCUT2D eigenvalue weighted by atomic mass is 9.83. The van der Waals surface area contributed by atoms with Crippen molar-refractivity contribution in [1.82, 2.24) is 0 Å². The fourth-order valence-electron chi connectivity index (χ4n) is 4.75. The molecule has 0 fully saturated rings. The molecule has 1 aliphatic carbocycles. The van der Waals surface area contributed by atoms with Crippen LogP contribution < -0.4 is 0 Å². The molecule has 5 aromatic carbocycles. The van der Waals surface area contributed by atoms with Crippen LogP contribution in [0, 0.1) is 0 Å². The maximum absolute atomic E-state index is 2.44. The van der Waals surface area contributed by atoms with Crippen LogP contribution in [0.15, 0.2) is 97.1 Å². The van der Waals surface area contributed by atoms with Crippen molar-refractivity contribution in [2.24, 2.45) is 0 Å². The van der Waals surface area contributed by atoms with Crippen LogP contribution in [0.25, 0.3) is 37.9 Å². The summed E-state index contributed by atoms with van der Waals surface area (Å²) in [6.45, 7) is 0. The average molecular weight is 356 g/mol. The number of aryl methyl sites for hydroxylation is 1. The molecule has 5 aromatic rings. The second-order valence-corrected chi connectivity index (χ2v) is 7.70. The first-order valence-electron chi connectivity index (χ1n) is 10.0. The monoisotopic (exact) mass is 356 g/mol. The predicted molar refractivity (Wildman–Crippen MR) is 121 cm³/mol. The Morgan fingerprint density at radius 1 is 0.500 bits per heavy atom. The smallest absolute Gasteiger partial charge is 0.0102 e. The van der Waals surface area contributed by atoms with Crippen molar-refractivity contribution in [1.29, 1.82) is 0 Å². The molecule has 0 aromatic heterocycles. The lowest BCUT2D eigenvalue weighted by Crippen LogP contribution is -2.02. The van der Waals surface area contributed by atoms with E-state index in [0.29, 0.717) is 0 Å². The third-order valence-corrected chi connectivity index (χ3v) is 6.10. The predicted octanol–water partition coefficient (Wildman–Crippen LogP) is 7.52. The lowest BCUT2D eigenvalue weighted by molar-refractivity contribution is 0.981. The third-order valence-electron chi connectivity index (χ3n) is 6.10. The van der Waals surface area contributed by atoms with Crippen LogP contribution >= 0.6 is 0 Å². The SMILES string of the molecule is C1=C(c2cccc3ccccc23)c2cc3ccc4ccccc4c3cc2CC1. The molecule has 0 spiro atoms. The second-order valence-electron chi connectivity index (χ2n) is 7.70. The zero-order valence-corrected chi connectivity index (χ0v) is 15.7. The lowest BCUT2D eigenvalue weighted by Gasteiger charge is -2.21. The van der Waals surface area contributed by atoms with Crippen molar-refractivity contribution in [3.63, 3.8) is 0 Å². The molecule has 0 radical (unpaired) electrons. The van der Waals surface area contributed by atoms with Crippen molar-refractivity contribution in [3.05, 3.63) is 114 Å². The molecule has 28 heavy (non-hydrogen) atoms. The van der Waals surface area contributed by atoms with Crippen LogP contribution in [0.3, 0.4) is 0 Å². The van der Waals surface area contributed by atoms with Crippen molar-refractivity contribution >= 4 is 37.9 Å². The van der Waals surface area contributed by atoms with Gasteiger partial charge in [0, 0.05) is 0 Å². The van der Waals surface area contributed by atoms with Crippen LogP contribution in [0.5, 0.6) is 0 Å². The number of allylic oxidation sites excluding steroid dienone is 1. The molecule has 0 saturated heterocycles. The topological polar surface area (TPSA) is 0 Å². The van der Waals surface area contributed by atoms with Gasteiger partial charge in [-0.1, -0.05) is 84.9 Å². The van der Waals surface area contributed by atoms with E-state index in [1.165, 1.54) is 54.6 Å². The Labute approximate surface area is 164 Å². The van der Waals surface area contributed by atoms with E-state index >= 15 is 0 Å². The summed E-state index contributed by atoms with van der Waals surface area (Å²) < 4.78 is 0. The fourth-order valence-corrected chi connectivity index (χ4v) is 4.75. The van der Waals surface area contributed by atoms with Gasteiger partial charge in [-0.3, -0.25) is 0 Å². The number of fused-ring (bicyclic) bond motifs is 5. The highest BCUT2D eigenvalue weighted by Gasteiger charge is 2.17. The quantitative estimate of drug-likeness (QED) is 0.272. The van der Waals surface area contributed by atoms with E-state index in [-0.39, 0.29) is 0 Å². The number of benzene rings is 5. The maximum Gasteiger partial charge on any atom is -0.0102 e. The second kappa shape index (κ2) is 6.07. The molecule has 0 heterocycles. The zero-order chi connectivity index (χ0) is 18.5. The van der Waals surface area contributed by atoms with Gasteiger partial charge >= 0.3 is 0 Å². The highest BCUT2D eigenvalue weighted by atomic mass is 14.2. The van der Waals surface area contributed by atoms with Gasteiger partial charge in [-0.15, -0.1) is 0 Å². The molecule has 0 nitrogen and oxygen atoms in total. The normalized spacial score (nSPS) is 13.6. The minimum Gasteiger partial charge on any atom is -0.0757 e. The van der Waals surface area contributed by atoms with Gasteiger partial charge in [0.05, 0.1) is 0 Å². The number of hydrogen-bond acceptors (Lipinski definition) is 0. The van der Waals surface area contributed by atoms with Gasteiger partial charge in [0.15, 0.2) is 0 Å². The fraction of sp³-hybridized carbons (Fsp3) is 0.0714. The van der Waals surface area contributed by atoms with Crippen LogP contribution in [-0.4, -0.2) is 0 Å². The van der Waals surface area contributed by atoms with Gasteiger partial charge in [-0.2, -0.15) is 0 Å². The molecule has 0 atom stereocenters. The molecule has 0 aliphatic heterocycles. The standard InChI is InChI=1S/C28H20/c1-3-11-23-19(7-1)9-5-13-25(23)26-14-6-10-21-17-27-22(18-28(21)26)16-15-20-8-2-4-12-24(20)27/h1-5,7-9,11-18H,6,10H2. The Morgan fingerprint density at radius 3 is 2.11 bits per heavy atom. The van der Waals surface area contributed by atoms with E-state index in [0.717, 1.165) is 12.8 Å². The summed E-state index contributed by atoms with van der Waals surface area (Å²) in [7, 11) is 0. The van der Waals surface area contributed by atoms with E-state index in [1.54, 1.807) is 0 Å². The Hall–Kier alpha value is -3.38. The minimum atomic E-state index is 1.10. The third kappa shape index (κ3) is 2.31. The van der Waals surface area contributed by atoms with Crippen LogP contribution in [0.4, 0.5) is 0 Å². The van der Waals surface area contributed by atoms with E-state index in [4.69, 9.17) is 0 Å². The molecule has 0 N–H and O–H groups in total. The summed E-state index contributed by atoms with van der Waals surface area (Å²) >= 11 is 0. The van der Waals surface area contributed by atoms with Gasteiger partial charge in [-0.25, -0.2) is 0 Å². The molecular weight excluding hydrogens is 336 g/mol.